The number of hydrogen-bond acceptors (Lipinski definition) is 6. The molecule has 1 saturated heterocycles. The Morgan fingerprint density at radius 1 is 1.13 bits per heavy atom. The second-order valence-corrected chi connectivity index (χ2v) is 7.41. The SMILES string of the molecule is Cc1cccc(N2CCN(CCCNC(=O)COc3ccc([N+](=O)[O-])cc3)CC2)c1. The van der Waals surface area contributed by atoms with E-state index >= 15 is 0 Å². The van der Waals surface area contributed by atoms with Crippen molar-refractivity contribution in [2.24, 2.45) is 0 Å². The molecule has 2 aromatic rings. The lowest BCUT2D eigenvalue weighted by Gasteiger charge is -2.36. The maximum atomic E-state index is 11.9. The number of carbonyl (C=O) groups is 1. The van der Waals surface area contributed by atoms with Crippen LogP contribution in [0.15, 0.2) is 48.5 Å². The van der Waals surface area contributed by atoms with Gasteiger partial charge < -0.3 is 15.0 Å². The highest BCUT2D eigenvalue weighted by atomic mass is 16.6. The number of hydrogen-bond donors (Lipinski definition) is 1. The predicted octanol–water partition coefficient (Wildman–Crippen LogP) is 2.61. The number of nitrogens with one attached hydrogen (secondary N) is 1. The molecule has 30 heavy (non-hydrogen) atoms. The first kappa shape index (κ1) is 21.6. The fourth-order valence-corrected chi connectivity index (χ4v) is 3.45. The van der Waals surface area contributed by atoms with E-state index in [1.165, 1.54) is 35.5 Å². The summed E-state index contributed by atoms with van der Waals surface area (Å²) in [4.78, 5) is 26.9. The van der Waals surface area contributed by atoms with E-state index in [1.54, 1.807) is 0 Å². The van der Waals surface area contributed by atoms with E-state index in [1.807, 2.05) is 0 Å². The van der Waals surface area contributed by atoms with E-state index < -0.39 is 4.92 Å². The minimum Gasteiger partial charge on any atom is -0.484 e. The summed E-state index contributed by atoms with van der Waals surface area (Å²) in [7, 11) is 0. The average Bonchev–Trinajstić information content (AvgIpc) is 2.76. The van der Waals surface area contributed by atoms with E-state index in [-0.39, 0.29) is 18.2 Å². The quantitative estimate of drug-likeness (QED) is 0.387. The summed E-state index contributed by atoms with van der Waals surface area (Å²) in [5.41, 5.74) is 2.56. The van der Waals surface area contributed by atoms with Gasteiger partial charge in [-0.15, -0.1) is 0 Å². The Morgan fingerprint density at radius 2 is 1.87 bits per heavy atom. The molecule has 8 heteroatoms. The molecule has 0 aromatic heterocycles. The number of non-ortho nitro benzene ring substituents is 1. The van der Waals surface area contributed by atoms with Gasteiger partial charge >= 0.3 is 0 Å². The normalized spacial score (nSPS) is 14.4. The van der Waals surface area contributed by atoms with Gasteiger partial charge in [0.2, 0.25) is 0 Å². The molecule has 1 fully saturated rings. The molecule has 160 valence electrons. The number of rotatable bonds is 9. The minimum atomic E-state index is -0.473. The fourth-order valence-electron chi connectivity index (χ4n) is 3.45. The Morgan fingerprint density at radius 3 is 2.53 bits per heavy atom. The molecule has 0 unspecified atom stereocenters. The maximum Gasteiger partial charge on any atom is 0.269 e. The van der Waals surface area contributed by atoms with Gasteiger partial charge in [-0.1, -0.05) is 12.1 Å². The van der Waals surface area contributed by atoms with Crippen LogP contribution in [0.3, 0.4) is 0 Å². The van der Waals surface area contributed by atoms with E-state index in [0.717, 1.165) is 39.1 Å². The molecular weight excluding hydrogens is 384 g/mol. The molecule has 1 aliphatic heterocycles. The number of amides is 1. The van der Waals surface area contributed by atoms with Crippen molar-refractivity contribution in [1.29, 1.82) is 0 Å². The molecule has 1 amide bonds. The second-order valence-electron chi connectivity index (χ2n) is 7.41. The summed E-state index contributed by atoms with van der Waals surface area (Å²) in [6.45, 7) is 7.62. The molecule has 0 atom stereocenters. The van der Waals surface area contributed by atoms with Crippen LogP contribution >= 0.6 is 0 Å². The molecule has 1 aliphatic rings. The number of anilines is 1. The average molecular weight is 412 g/mol. The minimum absolute atomic E-state index is 0.00785. The summed E-state index contributed by atoms with van der Waals surface area (Å²) in [5, 5.41) is 13.5. The monoisotopic (exact) mass is 412 g/mol. The van der Waals surface area contributed by atoms with Gasteiger partial charge in [0.1, 0.15) is 5.75 Å². The van der Waals surface area contributed by atoms with Gasteiger partial charge in [-0.3, -0.25) is 19.8 Å². The number of nitro groups is 1. The molecule has 0 saturated carbocycles. The molecule has 0 spiro atoms. The van der Waals surface area contributed by atoms with Crippen molar-refractivity contribution in [2.75, 3.05) is 50.8 Å². The lowest BCUT2D eigenvalue weighted by atomic mass is 10.2. The molecule has 0 bridgehead atoms. The molecular formula is C22H28N4O4. The first-order chi connectivity index (χ1) is 14.5. The van der Waals surface area contributed by atoms with Crippen molar-refractivity contribution in [3.63, 3.8) is 0 Å². The van der Waals surface area contributed by atoms with Crippen LogP contribution in [0.4, 0.5) is 11.4 Å². The Bertz CT molecular complexity index is 848. The van der Waals surface area contributed by atoms with Crippen molar-refractivity contribution in [1.82, 2.24) is 10.2 Å². The highest BCUT2D eigenvalue weighted by molar-refractivity contribution is 5.77. The van der Waals surface area contributed by atoms with Crippen LogP contribution in [0.2, 0.25) is 0 Å². The van der Waals surface area contributed by atoms with Crippen molar-refractivity contribution in [3.8, 4) is 5.75 Å². The topological polar surface area (TPSA) is 88.0 Å². The largest absolute Gasteiger partial charge is 0.484 e. The molecule has 0 aliphatic carbocycles. The molecule has 8 nitrogen and oxygen atoms in total. The lowest BCUT2D eigenvalue weighted by Crippen LogP contribution is -2.47. The third kappa shape index (κ3) is 6.45. The molecule has 2 aromatic carbocycles. The van der Waals surface area contributed by atoms with Crippen LogP contribution in [0.5, 0.6) is 5.75 Å². The second kappa shape index (κ2) is 10.6. The molecule has 0 radical (unpaired) electrons. The Kier molecular flexibility index (Phi) is 7.62. The van der Waals surface area contributed by atoms with Crippen LogP contribution in [0, 0.1) is 17.0 Å². The van der Waals surface area contributed by atoms with Gasteiger partial charge in [0, 0.05) is 50.5 Å². The zero-order valence-electron chi connectivity index (χ0n) is 17.3. The number of nitrogens with zero attached hydrogens (tertiary/aromatic N) is 3. The molecule has 1 N–H and O–H groups in total. The molecule has 3 rings (SSSR count). The van der Waals surface area contributed by atoms with Gasteiger partial charge in [-0.05, 0) is 49.7 Å². The summed E-state index contributed by atoms with van der Waals surface area (Å²) >= 11 is 0. The fraction of sp³-hybridized carbons (Fsp3) is 0.409. The van der Waals surface area contributed by atoms with Gasteiger partial charge in [-0.25, -0.2) is 0 Å². The number of nitro benzene ring substituents is 1. The number of piperazine rings is 1. The Labute approximate surface area is 176 Å². The summed E-state index contributed by atoms with van der Waals surface area (Å²) in [6.07, 6.45) is 0.883. The smallest absolute Gasteiger partial charge is 0.269 e. The van der Waals surface area contributed by atoms with E-state index in [2.05, 4.69) is 46.3 Å². The maximum absolute atomic E-state index is 11.9. The Balaban J connectivity index is 1.28. The standard InChI is InChI=1S/C22H28N4O4/c1-18-4-2-5-20(16-18)25-14-12-24(13-15-25)11-3-10-23-22(27)17-30-21-8-6-19(7-9-21)26(28)29/h2,4-9,16H,3,10-15,17H2,1H3,(H,23,27). The van der Waals surface area contributed by atoms with Crippen LogP contribution in [-0.2, 0) is 4.79 Å². The van der Waals surface area contributed by atoms with Crippen molar-refractivity contribution >= 4 is 17.3 Å². The van der Waals surface area contributed by atoms with Crippen LogP contribution in [0.25, 0.3) is 0 Å². The zero-order chi connectivity index (χ0) is 21.3. The van der Waals surface area contributed by atoms with Crippen molar-refractivity contribution < 1.29 is 14.5 Å². The number of carbonyl (C=O) groups excluding carboxylic acids is 1. The third-order valence-electron chi connectivity index (χ3n) is 5.13. The summed E-state index contributed by atoms with van der Waals surface area (Å²) in [5.74, 6) is 0.236. The highest BCUT2D eigenvalue weighted by Gasteiger charge is 2.16. The molecule has 1 heterocycles. The highest BCUT2D eigenvalue weighted by Crippen LogP contribution is 2.18. The van der Waals surface area contributed by atoms with E-state index in [4.69, 9.17) is 4.74 Å². The zero-order valence-corrected chi connectivity index (χ0v) is 17.3. The van der Waals surface area contributed by atoms with E-state index in [9.17, 15) is 14.9 Å². The van der Waals surface area contributed by atoms with Crippen LogP contribution < -0.4 is 15.0 Å². The van der Waals surface area contributed by atoms with Crippen LogP contribution in [-0.4, -0.2) is 61.6 Å². The van der Waals surface area contributed by atoms with Crippen molar-refractivity contribution in [2.45, 2.75) is 13.3 Å². The first-order valence-electron chi connectivity index (χ1n) is 10.2. The van der Waals surface area contributed by atoms with Gasteiger partial charge in [-0.2, -0.15) is 0 Å². The van der Waals surface area contributed by atoms with Crippen LogP contribution in [0.1, 0.15) is 12.0 Å². The number of benzene rings is 2. The lowest BCUT2D eigenvalue weighted by molar-refractivity contribution is -0.384. The van der Waals surface area contributed by atoms with Gasteiger partial charge in [0.15, 0.2) is 6.61 Å². The van der Waals surface area contributed by atoms with Gasteiger partial charge in [0.05, 0.1) is 4.92 Å². The third-order valence-corrected chi connectivity index (χ3v) is 5.13. The predicted molar refractivity (Wildman–Crippen MR) is 116 cm³/mol. The van der Waals surface area contributed by atoms with Crippen molar-refractivity contribution in [3.05, 3.63) is 64.2 Å². The first-order valence-corrected chi connectivity index (χ1v) is 10.2. The van der Waals surface area contributed by atoms with Gasteiger partial charge in [0.25, 0.3) is 11.6 Å². The summed E-state index contributed by atoms with van der Waals surface area (Å²) < 4.78 is 5.36. The Hall–Kier alpha value is -3.13. The number of aryl methyl sites for hydroxylation is 1. The van der Waals surface area contributed by atoms with E-state index in [0.29, 0.717) is 12.3 Å². The number of ether oxygens (including phenoxy) is 1. The summed E-state index contributed by atoms with van der Waals surface area (Å²) in [6, 6.07) is 14.3.